The summed E-state index contributed by atoms with van der Waals surface area (Å²) in [5.74, 6) is 3.69. The molecule has 2 aromatic rings. The largest absolute Gasteiger partial charge is 0.493 e. The van der Waals surface area contributed by atoms with E-state index in [4.69, 9.17) is 20.6 Å². The van der Waals surface area contributed by atoms with Crippen LogP contribution < -0.4 is 14.2 Å². The molecule has 0 aliphatic rings. The molecule has 4 nitrogen and oxygen atoms in total. The van der Waals surface area contributed by atoms with Gasteiger partial charge in [0.25, 0.3) is 0 Å². The van der Waals surface area contributed by atoms with Crippen LogP contribution in [0.4, 0.5) is 0 Å². The van der Waals surface area contributed by atoms with Crippen LogP contribution in [0.15, 0.2) is 46.9 Å². The van der Waals surface area contributed by atoms with Gasteiger partial charge < -0.3 is 14.2 Å². The van der Waals surface area contributed by atoms with E-state index >= 15 is 0 Å². The Morgan fingerprint density at radius 1 is 1.16 bits per heavy atom. The first-order valence-corrected chi connectivity index (χ1v) is 8.18. The summed E-state index contributed by atoms with van der Waals surface area (Å²) in [5.41, 5.74) is 1.35. The first-order valence-electron chi connectivity index (χ1n) is 7.39. The van der Waals surface area contributed by atoms with Gasteiger partial charge in [-0.1, -0.05) is 27.9 Å². The number of halogens is 1. The zero-order valence-electron chi connectivity index (χ0n) is 13.9. The third kappa shape index (κ3) is 4.88. The van der Waals surface area contributed by atoms with Crippen molar-refractivity contribution in [3.63, 3.8) is 0 Å². The van der Waals surface area contributed by atoms with Crippen LogP contribution in [0.3, 0.4) is 0 Å². The van der Waals surface area contributed by atoms with Crippen LogP contribution in [-0.2, 0) is 0 Å². The van der Waals surface area contributed by atoms with Gasteiger partial charge in [-0.3, -0.25) is 4.79 Å². The highest BCUT2D eigenvalue weighted by molar-refractivity contribution is 9.10. The van der Waals surface area contributed by atoms with Gasteiger partial charge in [0.2, 0.25) is 5.75 Å². The average molecular weight is 401 g/mol. The molecule has 0 aliphatic carbocycles. The highest BCUT2D eigenvalue weighted by atomic mass is 79.9. The molecule has 25 heavy (non-hydrogen) atoms. The minimum atomic E-state index is -0.0990. The number of hydrogen-bond acceptors (Lipinski definition) is 4. The predicted octanol–water partition coefficient (Wildman–Crippen LogP) is 4.37. The molecule has 0 spiro atoms. The molecule has 128 valence electrons. The molecule has 0 amide bonds. The van der Waals surface area contributed by atoms with Gasteiger partial charge in [-0.25, -0.2) is 0 Å². The molecule has 0 bridgehead atoms. The fourth-order valence-corrected chi connectivity index (χ4v) is 2.40. The van der Waals surface area contributed by atoms with E-state index in [9.17, 15) is 4.79 Å². The van der Waals surface area contributed by atoms with E-state index in [0.717, 1.165) is 10.0 Å². The lowest BCUT2D eigenvalue weighted by Crippen LogP contribution is -2.00. The Morgan fingerprint density at radius 3 is 2.28 bits per heavy atom. The van der Waals surface area contributed by atoms with Gasteiger partial charge in [-0.15, -0.1) is 6.42 Å². The molecular formula is C20H17BrO4. The second-order valence-corrected chi connectivity index (χ2v) is 5.87. The van der Waals surface area contributed by atoms with Gasteiger partial charge in [0, 0.05) is 10.0 Å². The summed E-state index contributed by atoms with van der Waals surface area (Å²) >= 11 is 3.35. The molecule has 0 fully saturated rings. The standard InChI is InChI=1S/C20H17BrO4/c1-4-11-25-20-18(23-2)12-14(13-19(20)24-3)5-10-17(22)15-6-8-16(21)9-7-15/h1,5-10,12-13H,11H2,2-3H3/b10-5+. The number of ketones is 1. The summed E-state index contributed by atoms with van der Waals surface area (Å²) < 4.78 is 17.1. The molecule has 0 aromatic heterocycles. The first kappa shape index (κ1) is 18.6. The number of methoxy groups -OCH3 is 2. The van der Waals surface area contributed by atoms with Crippen molar-refractivity contribution < 1.29 is 19.0 Å². The Balaban J connectivity index is 2.28. The van der Waals surface area contributed by atoms with Gasteiger partial charge in [0.05, 0.1) is 14.2 Å². The van der Waals surface area contributed by atoms with Gasteiger partial charge in [-0.2, -0.15) is 0 Å². The number of carbonyl (C=O) groups is 1. The van der Waals surface area contributed by atoms with E-state index in [1.54, 1.807) is 30.3 Å². The van der Waals surface area contributed by atoms with Crippen LogP contribution in [0, 0.1) is 12.3 Å². The summed E-state index contributed by atoms with van der Waals surface area (Å²) in [7, 11) is 3.05. The highest BCUT2D eigenvalue weighted by Crippen LogP contribution is 2.38. The van der Waals surface area contributed by atoms with E-state index in [1.165, 1.54) is 20.3 Å². The van der Waals surface area contributed by atoms with Crippen molar-refractivity contribution in [2.45, 2.75) is 0 Å². The van der Waals surface area contributed by atoms with Crippen LogP contribution in [0.1, 0.15) is 15.9 Å². The quantitative estimate of drug-likeness (QED) is 0.393. The van der Waals surface area contributed by atoms with Crippen molar-refractivity contribution in [1.82, 2.24) is 0 Å². The van der Waals surface area contributed by atoms with E-state index in [1.807, 2.05) is 12.1 Å². The summed E-state index contributed by atoms with van der Waals surface area (Å²) in [6, 6.07) is 10.7. The lowest BCUT2D eigenvalue weighted by atomic mass is 10.1. The zero-order chi connectivity index (χ0) is 18.2. The summed E-state index contributed by atoms with van der Waals surface area (Å²) in [4.78, 5) is 12.2. The third-order valence-electron chi connectivity index (χ3n) is 3.34. The van der Waals surface area contributed by atoms with Crippen molar-refractivity contribution >= 4 is 27.8 Å². The smallest absolute Gasteiger partial charge is 0.204 e. The Labute approximate surface area is 155 Å². The van der Waals surface area contributed by atoms with Gasteiger partial charge >= 0.3 is 0 Å². The molecular weight excluding hydrogens is 384 g/mol. The minimum Gasteiger partial charge on any atom is -0.493 e. The van der Waals surface area contributed by atoms with Crippen LogP contribution in [-0.4, -0.2) is 26.6 Å². The molecule has 2 rings (SSSR count). The van der Waals surface area contributed by atoms with E-state index in [0.29, 0.717) is 22.8 Å². The van der Waals surface area contributed by atoms with Crippen LogP contribution in [0.25, 0.3) is 6.08 Å². The molecule has 0 saturated carbocycles. The second-order valence-electron chi connectivity index (χ2n) is 4.95. The highest BCUT2D eigenvalue weighted by Gasteiger charge is 2.13. The van der Waals surface area contributed by atoms with Crippen LogP contribution in [0.5, 0.6) is 17.2 Å². The molecule has 5 heteroatoms. The number of hydrogen-bond donors (Lipinski definition) is 0. The molecule has 2 aromatic carbocycles. The Kier molecular flexibility index (Phi) is 6.67. The molecule has 0 aliphatic heterocycles. The fraction of sp³-hybridized carbons (Fsp3) is 0.150. The lowest BCUT2D eigenvalue weighted by Gasteiger charge is -2.14. The van der Waals surface area contributed by atoms with Crippen LogP contribution in [0.2, 0.25) is 0 Å². The zero-order valence-corrected chi connectivity index (χ0v) is 15.5. The average Bonchev–Trinajstić information content (AvgIpc) is 2.64. The topological polar surface area (TPSA) is 44.8 Å². The number of carbonyl (C=O) groups excluding carboxylic acids is 1. The summed E-state index contributed by atoms with van der Waals surface area (Å²) in [6.45, 7) is 0.101. The number of ether oxygens (including phenoxy) is 3. The van der Waals surface area contributed by atoms with Crippen molar-refractivity contribution in [2.24, 2.45) is 0 Å². The maximum atomic E-state index is 12.2. The second kappa shape index (κ2) is 8.95. The Morgan fingerprint density at radius 2 is 1.76 bits per heavy atom. The number of rotatable bonds is 7. The van der Waals surface area contributed by atoms with E-state index in [-0.39, 0.29) is 12.4 Å². The van der Waals surface area contributed by atoms with E-state index < -0.39 is 0 Å². The maximum Gasteiger partial charge on any atom is 0.204 e. The monoisotopic (exact) mass is 400 g/mol. The van der Waals surface area contributed by atoms with Crippen molar-refractivity contribution in [3.05, 3.63) is 58.1 Å². The number of benzene rings is 2. The van der Waals surface area contributed by atoms with Crippen molar-refractivity contribution in [3.8, 4) is 29.6 Å². The number of allylic oxidation sites excluding steroid dienone is 1. The van der Waals surface area contributed by atoms with Crippen molar-refractivity contribution in [2.75, 3.05) is 20.8 Å². The Bertz CT molecular complexity index is 792. The van der Waals surface area contributed by atoms with E-state index in [2.05, 4.69) is 21.9 Å². The number of terminal acetylenes is 1. The van der Waals surface area contributed by atoms with Gasteiger partial charge in [0.1, 0.15) is 6.61 Å². The Hall–Kier alpha value is -2.71. The summed E-state index contributed by atoms with van der Waals surface area (Å²) in [6.07, 6.45) is 8.42. The van der Waals surface area contributed by atoms with Crippen molar-refractivity contribution in [1.29, 1.82) is 0 Å². The minimum absolute atomic E-state index is 0.0990. The van der Waals surface area contributed by atoms with Gasteiger partial charge in [0.15, 0.2) is 17.3 Å². The molecule has 0 atom stereocenters. The first-order chi connectivity index (χ1) is 12.1. The fourth-order valence-electron chi connectivity index (χ4n) is 2.13. The lowest BCUT2D eigenvalue weighted by molar-refractivity contribution is 0.104. The summed E-state index contributed by atoms with van der Waals surface area (Å²) in [5, 5.41) is 0. The molecule has 0 unspecified atom stereocenters. The normalized spacial score (nSPS) is 10.3. The molecule has 0 N–H and O–H groups in total. The molecule has 0 radical (unpaired) electrons. The molecule has 0 heterocycles. The SMILES string of the molecule is C#CCOc1c(OC)cc(/C=C/C(=O)c2ccc(Br)cc2)cc1OC. The third-order valence-corrected chi connectivity index (χ3v) is 3.87. The van der Waals surface area contributed by atoms with Gasteiger partial charge in [-0.05, 0) is 48.0 Å². The molecule has 0 saturated heterocycles. The maximum absolute atomic E-state index is 12.2. The van der Waals surface area contributed by atoms with Crippen LogP contribution >= 0.6 is 15.9 Å². The predicted molar refractivity (Wildman–Crippen MR) is 101 cm³/mol.